The normalized spacial score (nSPS) is 12.3. The molecule has 0 spiro atoms. The van der Waals surface area contributed by atoms with Crippen molar-refractivity contribution < 1.29 is 13.6 Å². The Morgan fingerprint density at radius 1 is 1.17 bits per heavy atom. The number of nitrogens with zero attached hydrogens (tertiary/aromatic N) is 6. The maximum absolute atomic E-state index is 14.1. The molecule has 1 aliphatic heterocycles. The van der Waals surface area contributed by atoms with Crippen molar-refractivity contribution in [2.24, 2.45) is 7.05 Å². The van der Waals surface area contributed by atoms with E-state index in [2.05, 4.69) is 26.5 Å². The molecule has 8 nitrogen and oxygen atoms in total. The summed E-state index contributed by atoms with van der Waals surface area (Å²) in [6, 6.07) is 12.7. The molecule has 0 unspecified atom stereocenters. The van der Waals surface area contributed by atoms with E-state index in [1.165, 1.54) is 11.0 Å². The second-order valence-electron chi connectivity index (χ2n) is 8.05. The summed E-state index contributed by atoms with van der Waals surface area (Å²) in [7, 11) is 1.79. The maximum Gasteiger partial charge on any atom is 0.231 e. The van der Waals surface area contributed by atoms with Crippen molar-refractivity contribution in [1.82, 2.24) is 19.7 Å². The standard InChI is InChI=1S/C25H19F2N7O/c1-33-22(6-9-30-33)32-25-29-8-5-21(31-25)16-11-15-7-10-34(24(15)17(12-16)14-28)23(35)13-18-19(26)3-2-4-20(18)27/h2-6,8-9,11-12H,7,10,13H2,1H3,(H,29,31,32). The molecule has 3 heterocycles. The number of amides is 1. The fourth-order valence-electron chi connectivity index (χ4n) is 4.17. The van der Waals surface area contributed by atoms with E-state index in [0.29, 0.717) is 41.7 Å². The number of carbonyl (C=O) groups is 1. The quantitative estimate of drug-likeness (QED) is 0.474. The molecule has 2 aromatic carbocycles. The summed E-state index contributed by atoms with van der Waals surface area (Å²) in [5.74, 6) is -0.925. The number of hydrogen-bond acceptors (Lipinski definition) is 6. The molecule has 0 bridgehead atoms. The molecular weight excluding hydrogens is 452 g/mol. The zero-order chi connectivity index (χ0) is 24.5. The molecule has 0 saturated heterocycles. The van der Waals surface area contributed by atoms with Crippen LogP contribution in [0.25, 0.3) is 11.3 Å². The molecule has 1 aliphatic rings. The number of nitriles is 1. The zero-order valence-corrected chi connectivity index (χ0v) is 18.7. The molecule has 5 rings (SSSR count). The van der Waals surface area contributed by atoms with Gasteiger partial charge >= 0.3 is 0 Å². The topological polar surface area (TPSA) is 99.7 Å². The van der Waals surface area contributed by atoms with Gasteiger partial charge in [-0.15, -0.1) is 0 Å². The van der Waals surface area contributed by atoms with E-state index in [0.717, 1.165) is 17.7 Å². The lowest BCUT2D eigenvalue weighted by Crippen LogP contribution is -2.31. The van der Waals surface area contributed by atoms with Gasteiger partial charge in [-0.25, -0.2) is 18.7 Å². The first-order valence-corrected chi connectivity index (χ1v) is 10.8. The molecule has 0 atom stereocenters. The number of aryl methyl sites for hydroxylation is 1. The van der Waals surface area contributed by atoms with Crippen LogP contribution in [0.5, 0.6) is 0 Å². The van der Waals surface area contributed by atoms with Gasteiger partial charge in [0.25, 0.3) is 0 Å². The van der Waals surface area contributed by atoms with Crippen molar-refractivity contribution in [3.63, 3.8) is 0 Å². The van der Waals surface area contributed by atoms with Gasteiger partial charge in [-0.3, -0.25) is 9.48 Å². The monoisotopic (exact) mass is 471 g/mol. The van der Waals surface area contributed by atoms with E-state index in [9.17, 15) is 18.8 Å². The Bertz CT molecular complexity index is 1470. The van der Waals surface area contributed by atoms with Crippen LogP contribution in [-0.4, -0.2) is 32.2 Å². The molecular formula is C25H19F2N7O. The predicted molar refractivity (Wildman–Crippen MR) is 125 cm³/mol. The minimum absolute atomic E-state index is 0.282. The number of benzene rings is 2. The van der Waals surface area contributed by atoms with Crippen LogP contribution in [0.1, 0.15) is 16.7 Å². The molecule has 35 heavy (non-hydrogen) atoms. The van der Waals surface area contributed by atoms with Gasteiger partial charge in [0.05, 0.1) is 29.6 Å². The van der Waals surface area contributed by atoms with Crippen molar-refractivity contribution in [2.75, 3.05) is 16.8 Å². The highest BCUT2D eigenvalue weighted by atomic mass is 19.1. The summed E-state index contributed by atoms with van der Waals surface area (Å²) >= 11 is 0. The summed E-state index contributed by atoms with van der Waals surface area (Å²) in [6.45, 7) is 0.319. The third-order valence-corrected chi connectivity index (χ3v) is 5.89. The number of nitrogens with one attached hydrogen (secondary N) is 1. The molecule has 174 valence electrons. The molecule has 10 heteroatoms. The number of fused-ring (bicyclic) bond motifs is 1. The van der Waals surface area contributed by atoms with Crippen molar-refractivity contribution in [3.8, 4) is 17.3 Å². The second kappa shape index (κ2) is 8.95. The lowest BCUT2D eigenvalue weighted by atomic mass is 10.0. The Kier molecular flexibility index (Phi) is 5.66. The van der Waals surface area contributed by atoms with E-state index in [4.69, 9.17) is 0 Å². The van der Waals surface area contributed by atoms with Crippen LogP contribution in [0, 0.1) is 23.0 Å². The number of rotatable bonds is 5. The summed E-state index contributed by atoms with van der Waals surface area (Å²) < 4.78 is 29.8. The van der Waals surface area contributed by atoms with E-state index in [-0.39, 0.29) is 11.1 Å². The third kappa shape index (κ3) is 4.19. The molecule has 1 amide bonds. The van der Waals surface area contributed by atoms with Gasteiger partial charge in [0, 0.05) is 37.0 Å². The number of halogens is 2. The van der Waals surface area contributed by atoms with Crippen LogP contribution in [0.2, 0.25) is 0 Å². The van der Waals surface area contributed by atoms with Crippen LogP contribution in [0.4, 0.5) is 26.2 Å². The van der Waals surface area contributed by atoms with E-state index in [1.807, 2.05) is 6.07 Å². The Hall–Kier alpha value is -4.65. The molecule has 0 fully saturated rings. The smallest absolute Gasteiger partial charge is 0.231 e. The predicted octanol–water partition coefficient (Wildman–Crippen LogP) is 3.90. The number of aromatic nitrogens is 4. The SMILES string of the molecule is Cn1nccc1Nc1nccc(-c2cc(C#N)c3c(c2)CCN3C(=O)Cc2c(F)cccc2F)n1. The third-order valence-electron chi connectivity index (χ3n) is 5.89. The zero-order valence-electron chi connectivity index (χ0n) is 18.7. The first-order chi connectivity index (χ1) is 16.9. The molecule has 1 N–H and O–H groups in total. The highest BCUT2D eigenvalue weighted by Crippen LogP contribution is 2.36. The first kappa shape index (κ1) is 22.2. The number of carbonyl (C=O) groups excluding carboxylic acids is 1. The van der Waals surface area contributed by atoms with E-state index in [1.54, 1.807) is 42.3 Å². The summed E-state index contributed by atoms with van der Waals surface area (Å²) in [4.78, 5) is 23.2. The highest BCUT2D eigenvalue weighted by molar-refractivity contribution is 5.98. The van der Waals surface area contributed by atoms with Crippen molar-refractivity contribution >= 4 is 23.4 Å². The molecule has 0 radical (unpaired) electrons. The Balaban J connectivity index is 1.45. The lowest BCUT2D eigenvalue weighted by Gasteiger charge is -2.19. The van der Waals surface area contributed by atoms with E-state index < -0.39 is 24.0 Å². The average Bonchev–Trinajstić information content (AvgIpc) is 3.47. The van der Waals surface area contributed by atoms with E-state index >= 15 is 0 Å². The molecule has 0 saturated carbocycles. The van der Waals surface area contributed by atoms with Gasteiger partial charge < -0.3 is 10.2 Å². The van der Waals surface area contributed by atoms with Crippen LogP contribution in [0.15, 0.2) is 54.9 Å². The van der Waals surface area contributed by atoms with Gasteiger partial charge in [0.2, 0.25) is 11.9 Å². The Morgan fingerprint density at radius 3 is 2.69 bits per heavy atom. The minimum Gasteiger partial charge on any atom is -0.310 e. The van der Waals surface area contributed by atoms with Gasteiger partial charge in [-0.1, -0.05) is 6.07 Å². The van der Waals surface area contributed by atoms with Gasteiger partial charge in [0.1, 0.15) is 23.5 Å². The fraction of sp³-hybridized carbons (Fsp3) is 0.160. The van der Waals surface area contributed by atoms with Gasteiger partial charge in [-0.05, 0) is 42.3 Å². The van der Waals surface area contributed by atoms with Crippen LogP contribution >= 0.6 is 0 Å². The summed E-state index contributed by atoms with van der Waals surface area (Å²) in [5.41, 5.74) is 2.57. The summed E-state index contributed by atoms with van der Waals surface area (Å²) in [6.07, 6.45) is 3.34. The van der Waals surface area contributed by atoms with Crippen molar-refractivity contribution in [3.05, 3.63) is 83.2 Å². The summed E-state index contributed by atoms with van der Waals surface area (Å²) in [5, 5.41) is 17.0. The molecule has 0 aliphatic carbocycles. The van der Waals surface area contributed by atoms with Gasteiger partial charge in [-0.2, -0.15) is 10.4 Å². The lowest BCUT2D eigenvalue weighted by molar-refractivity contribution is -0.118. The minimum atomic E-state index is -0.770. The van der Waals surface area contributed by atoms with Crippen molar-refractivity contribution in [2.45, 2.75) is 12.8 Å². The van der Waals surface area contributed by atoms with Crippen LogP contribution in [-0.2, 0) is 24.7 Å². The number of hydrogen-bond donors (Lipinski definition) is 1. The Morgan fingerprint density at radius 2 is 1.97 bits per heavy atom. The highest BCUT2D eigenvalue weighted by Gasteiger charge is 2.29. The van der Waals surface area contributed by atoms with Crippen LogP contribution < -0.4 is 10.2 Å². The van der Waals surface area contributed by atoms with Crippen LogP contribution in [0.3, 0.4) is 0 Å². The van der Waals surface area contributed by atoms with Crippen molar-refractivity contribution in [1.29, 1.82) is 5.26 Å². The number of anilines is 3. The molecule has 2 aromatic heterocycles. The fourth-order valence-corrected chi connectivity index (χ4v) is 4.17. The largest absolute Gasteiger partial charge is 0.310 e. The maximum atomic E-state index is 14.1. The average molecular weight is 471 g/mol. The second-order valence-corrected chi connectivity index (χ2v) is 8.05. The van der Waals surface area contributed by atoms with Gasteiger partial charge in [0.15, 0.2) is 0 Å². The molecule has 4 aromatic rings. The first-order valence-electron chi connectivity index (χ1n) is 10.8. The Labute approximate surface area is 199 Å².